The molecule has 0 spiro atoms. The molecule has 1 nitrogen and oxygen atoms in total. The third kappa shape index (κ3) is 3.35. The van der Waals surface area contributed by atoms with Gasteiger partial charge in [0.05, 0.1) is 5.01 Å². The molecule has 12 heavy (non-hydrogen) atoms. The van der Waals surface area contributed by atoms with Crippen LogP contribution in [0.15, 0.2) is 5.38 Å². The van der Waals surface area contributed by atoms with Crippen LogP contribution in [0.3, 0.4) is 0 Å². The molecular formula is C10H19NS. The van der Waals surface area contributed by atoms with E-state index in [2.05, 4.69) is 31.1 Å². The molecule has 1 rings (SSSR count). The van der Waals surface area contributed by atoms with Crippen LogP contribution in [0.1, 0.15) is 45.3 Å². The second-order valence-electron chi connectivity index (χ2n) is 3.54. The number of nitrogens with zero attached hydrogens (tertiary/aromatic N) is 1. The third-order valence-corrected chi connectivity index (χ3v) is 2.65. The average molecular weight is 185 g/mol. The summed E-state index contributed by atoms with van der Waals surface area (Å²) >= 11 is 1.75. The number of thiazole rings is 1. The maximum absolute atomic E-state index is 4.40. The predicted molar refractivity (Wildman–Crippen MR) is 56.9 cm³/mol. The Morgan fingerprint density at radius 1 is 1.25 bits per heavy atom. The molecule has 0 aliphatic heterocycles. The van der Waals surface area contributed by atoms with E-state index in [0.29, 0.717) is 0 Å². The van der Waals surface area contributed by atoms with E-state index in [9.17, 15) is 0 Å². The Bertz CT molecular complexity index is 220. The van der Waals surface area contributed by atoms with Gasteiger partial charge in [-0.3, -0.25) is 0 Å². The summed E-state index contributed by atoms with van der Waals surface area (Å²) in [6.45, 7) is 12.6. The summed E-state index contributed by atoms with van der Waals surface area (Å²) in [5, 5.41) is 3.32. The first-order valence-corrected chi connectivity index (χ1v) is 5.31. The van der Waals surface area contributed by atoms with Crippen LogP contribution < -0.4 is 0 Å². The lowest BCUT2D eigenvalue weighted by Crippen LogP contribution is -2.10. The van der Waals surface area contributed by atoms with Crippen molar-refractivity contribution in [2.24, 2.45) is 0 Å². The number of aromatic nitrogens is 1. The highest BCUT2D eigenvalue weighted by Crippen LogP contribution is 2.24. The predicted octanol–water partition coefficient (Wildman–Crippen LogP) is 3.78. The van der Waals surface area contributed by atoms with Crippen molar-refractivity contribution in [2.45, 2.75) is 47.0 Å². The lowest BCUT2D eigenvalue weighted by Gasteiger charge is -2.13. The second kappa shape index (κ2) is 4.61. The van der Waals surface area contributed by atoms with Gasteiger partial charge in [0.15, 0.2) is 0 Å². The molecule has 0 N–H and O–H groups in total. The highest BCUT2D eigenvalue weighted by atomic mass is 32.1. The molecule has 1 aromatic heterocycles. The Balaban J connectivity index is 0.000000561. The fourth-order valence-electron chi connectivity index (χ4n) is 0.698. The van der Waals surface area contributed by atoms with Crippen molar-refractivity contribution in [3.63, 3.8) is 0 Å². The van der Waals surface area contributed by atoms with Crippen LogP contribution in [0.4, 0.5) is 0 Å². The highest BCUT2D eigenvalue weighted by Gasteiger charge is 2.16. The first-order chi connectivity index (χ1) is 5.50. The van der Waals surface area contributed by atoms with Gasteiger partial charge in [0.2, 0.25) is 0 Å². The minimum absolute atomic E-state index is 0.221. The van der Waals surface area contributed by atoms with E-state index in [1.165, 1.54) is 5.01 Å². The molecule has 0 fully saturated rings. The van der Waals surface area contributed by atoms with Gasteiger partial charge >= 0.3 is 0 Å². The molecule has 1 aromatic rings. The van der Waals surface area contributed by atoms with Crippen molar-refractivity contribution in [1.29, 1.82) is 0 Å². The second-order valence-corrected chi connectivity index (χ2v) is 4.40. The van der Waals surface area contributed by atoms with Gasteiger partial charge in [-0.05, 0) is 6.92 Å². The maximum atomic E-state index is 4.40. The van der Waals surface area contributed by atoms with E-state index in [4.69, 9.17) is 0 Å². The number of hydrogen-bond acceptors (Lipinski definition) is 2. The first kappa shape index (κ1) is 11.6. The minimum Gasteiger partial charge on any atom is -0.246 e. The molecule has 0 unspecified atom stereocenters. The molecule has 2 heteroatoms. The fourth-order valence-corrected chi connectivity index (χ4v) is 1.58. The topological polar surface area (TPSA) is 12.9 Å². The van der Waals surface area contributed by atoms with E-state index >= 15 is 0 Å². The lowest BCUT2D eigenvalue weighted by atomic mass is 9.98. The van der Waals surface area contributed by atoms with Crippen LogP contribution in [0.5, 0.6) is 0 Å². The molecule has 0 amide bonds. The van der Waals surface area contributed by atoms with Gasteiger partial charge in [-0.1, -0.05) is 34.6 Å². The van der Waals surface area contributed by atoms with Crippen LogP contribution in [0.2, 0.25) is 0 Å². The van der Waals surface area contributed by atoms with Crippen LogP contribution >= 0.6 is 11.3 Å². The molecule has 0 saturated heterocycles. The molecular weight excluding hydrogens is 166 g/mol. The maximum Gasteiger partial charge on any atom is 0.0981 e. The lowest BCUT2D eigenvalue weighted by molar-refractivity contribution is 0.584. The summed E-state index contributed by atoms with van der Waals surface area (Å²) in [7, 11) is 0. The highest BCUT2D eigenvalue weighted by molar-refractivity contribution is 7.09. The summed E-state index contributed by atoms with van der Waals surface area (Å²) in [6.07, 6.45) is 0. The number of hydrogen-bond donors (Lipinski definition) is 0. The van der Waals surface area contributed by atoms with E-state index in [1.54, 1.807) is 11.3 Å². The van der Waals surface area contributed by atoms with Crippen LogP contribution in [0.25, 0.3) is 0 Å². The summed E-state index contributed by atoms with van der Waals surface area (Å²) in [6, 6.07) is 0. The quantitative estimate of drug-likeness (QED) is 0.599. The summed E-state index contributed by atoms with van der Waals surface area (Å²) < 4.78 is 0. The molecule has 0 saturated carbocycles. The minimum atomic E-state index is 0.221. The zero-order valence-electron chi connectivity index (χ0n) is 8.93. The Morgan fingerprint density at radius 2 is 1.75 bits per heavy atom. The fraction of sp³-hybridized carbons (Fsp3) is 0.700. The largest absolute Gasteiger partial charge is 0.246 e. The molecule has 0 radical (unpaired) electrons. The molecule has 0 aliphatic rings. The van der Waals surface area contributed by atoms with Gasteiger partial charge in [-0.15, -0.1) is 11.3 Å². The van der Waals surface area contributed by atoms with E-state index in [1.807, 2.05) is 20.8 Å². The van der Waals surface area contributed by atoms with Crippen LogP contribution in [-0.2, 0) is 5.41 Å². The van der Waals surface area contributed by atoms with E-state index in [0.717, 1.165) is 5.69 Å². The zero-order valence-corrected chi connectivity index (χ0v) is 9.75. The average Bonchev–Trinajstić information content (AvgIpc) is 2.39. The standard InChI is InChI=1S/C8H13NS.C2H6/c1-6-5-10-7(9-6)8(2,3)4;1-2/h5H,1-4H3;1-2H3. The van der Waals surface area contributed by atoms with Gasteiger partial charge in [-0.2, -0.15) is 0 Å². The molecule has 0 bridgehead atoms. The van der Waals surface area contributed by atoms with Crippen molar-refractivity contribution < 1.29 is 0 Å². The summed E-state index contributed by atoms with van der Waals surface area (Å²) in [4.78, 5) is 4.40. The monoisotopic (exact) mass is 185 g/mol. The SMILES string of the molecule is CC.Cc1csc(C(C)(C)C)n1. The molecule has 1 heterocycles. The molecule has 0 aliphatic carbocycles. The van der Waals surface area contributed by atoms with Gasteiger partial charge in [0, 0.05) is 16.5 Å². The van der Waals surface area contributed by atoms with Gasteiger partial charge in [0.25, 0.3) is 0 Å². The smallest absolute Gasteiger partial charge is 0.0981 e. The Morgan fingerprint density at radius 3 is 1.92 bits per heavy atom. The Kier molecular flexibility index (Phi) is 4.46. The van der Waals surface area contributed by atoms with Crippen LogP contribution in [0, 0.1) is 6.92 Å². The van der Waals surface area contributed by atoms with E-state index in [-0.39, 0.29) is 5.41 Å². The summed E-state index contributed by atoms with van der Waals surface area (Å²) in [5.41, 5.74) is 1.36. The van der Waals surface area contributed by atoms with Gasteiger partial charge < -0.3 is 0 Å². The Hall–Kier alpha value is -0.370. The van der Waals surface area contributed by atoms with Crippen molar-refractivity contribution in [3.8, 4) is 0 Å². The van der Waals surface area contributed by atoms with Crippen LogP contribution in [-0.4, -0.2) is 4.98 Å². The Labute approximate surface area is 79.9 Å². The van der Waals surface area contributed by atoms with Gasteiger partial charge in [0.1, 0.15) is 0 Å². The van der Waals surface area contributed by atoms with Gasteiger partial charge in [-0.25, -0.2) is 4.98 Å². The van der Waals surface area contributed by atoms with Crippen molar-refractivity contribution in [2.75, 3.05) is 0 Å². The molecule has 0 atom stereocenters. The van der Waals surface area contributed by atoms with E-state index < -0.39 is 0 Å². The van der Waals surface area contributed by atoms with Crippen molar-refractivity contribution >= 4 is 11.3 Å². The number of aryl methyl sites for hydroxylation is 1. The normalized spacial score (nSPS) is 10.5. The molecule has 0 aromatic carbocycles. The third-order valence-electron chi connectivity index (χ3n) is 1.26. The first-order valence-electron chi connectivity index (χ1n) is 4.43. The van der Waals surface area contributed by atoms with Crippen molar-refractivity contribution in [3.05, 3.63) is 16.1 Å². The number of rotatable bonds is 0. The van der Waals surface area contributed by atoms with Crippen molar-refractivity contribution in [1.82, 2.24) is 4.98 Å². The summed E-state index contributed by atoms with van der Waals surface area (Å²) in [5.74, 6) is 0. The zero-order chi connectivity index (χ0) is 9.78. The molecule has 70 valence electrons.